The lowest BCUT2D eigenvalue weighted by molar-refractivity contribution is 0.0487. The zero-order valence-electron chi connectivity index (χ0n) is 14.9. The molecule has 26 heavy (non-hydrogen) atoms. The predicted octanol–water partition coefficient (Wildman–Crippen LogP) is 1.95. The van der Waals surface area contributed by atoms with Crippen molar-refractivity contribution in [2.75, 3.05) is 13.1 Å². The molecule has 7 heteroatoms. The number of para-hydroxylation sites is 1. The molecule has 3 aromatic rings. The maximum atomic E-state index is 10.6. The lowest BCUT2D eigenvalue weighted by Crippen LogP contribution is -2.36. The van der Waals surface area contributed by atoms with Gasteiger partial charge in [0.1, 0.15) is 11.9 Å². The lowest BCUT2D eigenvalue weighted by Gasteiger charge is -2.33. The molecule has 1 aliphatic heterocycles. The van der Waals surface area contributed by atoms with Crippen molar-refractivity contribution >= 4 is 0 Å². The van der Waals surface area contributed by atoms with E-state index in [1.165, 1.54) is 0 Å². The Bertz CT molecular complexity index is 835. The third kappa shape index (κ3) is 3.40. The number of imidazole rings is 1. The number of nitrogens with zero attached hydrogens (tertiary/aromatic N) is 6. The summed E-state index contributed by atoms with van der Waals surface area (Å²) in [5.74, 6) is 1.01. The fraction of sp³-hybridized carbons (Fsp3) is 0.421. The monoisotopic (exact) mass is 352 g/mol. The highest BCUT2D eigenvalue weighted by Gasteiger charge is 2.28. The number of rotatable bonds is 5. The summed E-state index contributed by atoms with van der Waals surface area (Å²) in [6.45, 7) is 2.71. The van der Waals surface area contributed by atoms with Crippen molar-refractivity contribution < 1.29 is 5.11 Å². The van der Waals surface area contributed by atoms with Gasteiger partial charge in [-0.1, -0.05) is 23.4 Å². The highest BCUT2D eigenvalue weighted by Crippen LogP contribution is 2.30. The molecule has 1 aromatic carbocycles. The van der Waals surface area contributed by atoms with E-state index in [-0.39, 0.29) is 5.92 Å². The molecule has 4 rings (SSSR count). The Kier molecular flexibility index (Phi) is 4.81. The molecule has 0 bridgehead atoms. The van der Waals surface area contributed by atoms with Gasteiger partial charge in [0.25, 0.3) is 0 Å². The van der Waals surface area contributed by atoms with Crippen molar-refractivity contribution in [2.24, 2.45) is 13.0 Å². The Morgan fingerprint density at radius 2 is 1.96 bits per heavy atom. The van der Waals surface area contributed by atoms with E-state index in [0.717, 1.165) is 49.7 Å². The largest absolute Gasteiger partial charge is 0.385 e. The molecule has 0 radical (unpaired) electrons. The summed E-state index contributed by atoms with van der Waals surface area (Å²) in [7, 11) is 1.93. The van der Waals surface area contributed by atoms with Gasteiger partial charge < -0.3 is 9.67 Å². The Morgan fingerprint density at radius 1 is 1.19 bits per heavy atom. The summed E-state index contributed by atoms with van der Waals surface area (Å²) < 4.78 is 3.80. The van der Waals surface area contributed by atoms with Crippen LogP contribution in [0.3, 0.4) is 0 Å². The number of hydrogen-bond donors (Lipinski definition) is 1. The number of aromatic nitrogens is 5. The standard InChI is InChI=1S/C19H24N6O/c1-23-12-9-20-19(23)18(26)15-7-10-24(11-8-15)14-17-13-21-22-25(17)16-5-3-2-4-6-16/h2-6,9,12-13,15,18,26H,7-8,10-11,14H2,1H3. The maximum Gasteiger partial charge on any atom is 0.137 e. The minimum Gasteiger partial charge on any atom is -0.385 e. The van der Waals surface area contributed by atoms with Crippen LogP contribution < -0.4 is 0 Å². The van der Waals surface area contributed by atoms with E-state index >= 15 is 0 Å². The van der Waals surface area contributed by atoms with Crippen molar-refractivity contribution in [3.8, 4) is 5.69 Å². The molecule has 0 aliphatic carbocycles. The molecular formula is C19H24N6O. The van der Waals surface area contributed by atoms with Crippen LogP contribution in [0.1, 0.15) is 30.5 Å². The minimum atomic E-state index is -0.492. The van der Waals surface area contributed by atoms with Gasteiger partial charge in [0.15, 0.2) is 0 Å². The van der Waals surface area contributed by atoms with Crippen LogP contribution in [0.25, 0.3) is 5.69 Å². The van der Waals surface area contributed by atoms with E-state index in [4.69, 9.17) is 0 Å². The SMILES string of the molecule is Cn1ccnc1C(O)C1CCN(Cc2cnnn2-c2ccccc2)CC1. The number of piperidine rings is 1. The second-order valence-corrected chi connectivity index (χ2v) is 6.93. The van der Waals surface area contributed by atoms with Gasteiger partial charge in [-0.15, -0.1) is 5.10 Å². The molecule has 0 spiro atoms. The first-order valence-corrected chi connectivity index (χ1v) is 9.05. The van der Waals surface area contributed by atoms with E-state index in [0.29, 0.717) is 0 Å². The van der Waals surface area contributed by atoms with Gasteiger partial charge in [-0.05, 0) is 44.0 Å². The van der Waals surface area contributed by atoms with Gasteiger partial charge in [0, 0.05) is 26.0 Å². The number of likely N-dealkylation sites (tertiary alicyclic amines) is 1. The summed E-state index contributed by atoms with van der Waals surface area (Å²) in [5, 5.41) is 18.9. The van der Waals surface area contributed by atoms with Gasteiger partial charge in [-0.2, -0.15) is 0 Å². The first-order chi connectivity index (χ1) is 12.7. The minimum absolute atomic E-state index is 0.254. The Labute approximate surface area is 152 Å². The molecule has 1 aliphatic rings. The van der Waals surface area contributed by atoms with Crippen LogP contribution >= 0.6 is 0 Å². The Hall–Kier alpha value is -2.51. The number of aliphatic hydroxyl groups excluding tert-OH is 1. The first-order valence-electron chi connectivity index (χ1n) is 9.05. The number of aliphatic hydroxyl groups is 1. The van der Waals surface area contributed by atoms with Crippen molar-refractivity contribution in [2.45, 2.75) is 25.5 Å². The zero-order valence-corrected chi connectivity index (χ0v) is 14.9. The average molecular weight is 352 g/mol. The molecule has 0 amide bonds. The summed E-state index contributed by atoms with van der Waals surface area (Å²) in [5.41, 5.74) is 2.11. The molecular weight excluding hydrogens is 328 g/mol. The van der Waals surface area contributed by atoms with Crippen molar-refractivity contribution in [3.05, 3.63) is 60.4 Å². The topological polar surface area (TPSA) is 72.0 Å². The summed E-state index contributed by atoms with van der Waals surface area (Å²) in [4.78, 5) is 6.70. The molecule has 1 atom stereocenters. The van der Waals surface area contributed by atoms with Crippen molar-refractivity contribution in [1.29, 1.82) is 0 Å². The van der Waals surface area contributed by atoms with E-state index < -0.39 is 6.10 Å². The van der Waals surface area contributed by atoms with Gasteiger partial charge in [0.05, 0.1) is 17.6 Å². The predicted molar refractivity (Wildman–Crippen MR) is 97.5 cm³/mol. The Balaban J connectivity index is 1.38. The second kappa shape index (κ2) is 7.39. The first kappa shape index (κ1) is 16.9. The van der Waals surface area contributed by atoms with Crippen LogP contribution in [0.15, 0.2) is 48.9 Å². The number of aryl methyl sites for hydroxylation is 1. The normalized spacial score (nSPS) is 17.5. The van der Waals surface area contributed by atoms with Crippen LogP contribution in [0.4, 0.5) is 0 Å². The number of hydrogen-bond acceptors (Lipinski definition) is 5. The van der Waals surface area contributed by atoms with Gasteiger partial charge >= 0.3 is 0 Å². The zero-order chi connectivity index (χ0) is 17.9. The molecule has 1 fully saturated rings. The van der Waals surface area contributed by atoms with Gasteiger partial charge in [-0.3, -0.25) is 4.90 Å². The lowest BCUT2D eigenvalue weighted by atomic mass is 9.90. The summed E-state index contributed by atoms with van der Waals surface area (Å²) in [6, 6.07) is 10.1. The van der Waals surface area contributed by atoms with Crippen LogP contribution in [-0.4, -0.2) is 47.6 Å². The van der Waals surface area contributed by atoms with Gasteiger partial charge in [-0.25, -0.2) is 9.67 Å². The highest BCUT2D eigenvalue weighted by atomic mass is 16.3. The summed E-state index contributed by atoms with van der Waals surface area (Å²) in [6.07, 6.45) is 6.88. The van der Waals surface area contributed by atoms with E-state index in [1.807, 2.05) is 59.0 Å². The van der Waals surface area contributed by atoms with Crippen LogP contribution in [0, 0.1) is 5.92 Å². The molecule has 0 saturated carbocycles. The number of benzene rings is 1. The average Bonchev–Trinajstić information content (AvgIpc) is 3.31. The molecule has 1 N–H and O–H groups in total. The quantitative estimate of drug-likeness (QED) is 0.760. The second-order valence-electron chi connectivity index (χ2n) is 6.93. The fourth-order valence-electron chi connectivity index (χ4n) is 3.68. The van der Waals surface area contributed by atoms with Gasteiger partial charge in [0.2, 0.25) is 0 Å². The van der Waals surface area contributed by atoms with E-state index in [2.05, 4.69) is 20.2 Å². The maximum absolute atomic E-state index is 10.6. The molecule has 3 heterocycles. The van der Waals surface area contributed by atoms with E-state index in [9.17, 15) is 5.11 Å². The van der Waals surface area contributed by atoms with E-state index in [1.54, 1.807) is 6.20 Å². The fourth-order valence-corrected chi connectivity index (χ4v) is 3.68. The Morgan fingerprint density at radius 3 is 2.65 bits per heavy atom. The van der Waals surface area contributed by atoms with Crippen molar-refractivity contribution in [1.82, 2.24) is 29.4 Å². The smallest absolute Gasteiger partial charge is 0.137 e. The molecule has 7 nitrogen and oxygen atoms in total. The van der Waals surface area contributed by atoms with Crippen molar-refractivity contribution in [3.63, 3.8) is 0 Å². The van der Waals surface area contributed by atoms with Crippen LogP contribution in [0.2, 0.25) is 0 Å². The molecule has 1 saturated heterocycles. The highest BCUT2D eigenvalue weighted by molar-refractivity contribution is 5.31. The van der Waals surface area contributed by atoms with Crippen LogP contribution in [0.5, 0.6) is 0 Å². The molecule has 1 unspecified atom stereocenters. The third-order valence-corrected chi connectivity index (χ3v) is 5.21. The van der Waals surface area contributed by atoms with Crippen LogP contribution in [-0.2, 0) is 13.6 Å². The molecule has 136 valence electrons. The summed E-state index contributed by atoms with van der Waals surface area (Å²) >= 11 is 0. The third-order valence-electron chi connectivity index (χ3n) is 5.21. The molecule has 2 aromatic heterocycles.